The lowest BCUT2D eigenvalue weighted by Crippen LogP contribution is -2.04. The summed E-state index contributed by atoms with van der Waals surface area (Å²) >= 11 is 0. The number of fused-ring (bicyclic) bond motifs is 1. The minimum Gasteiger partial charge on any atom is -0.393 e. The van der Waals surface area contributed by atoms with Crippen molar-refractivity contribution in [3.8, 4) is 0 Å². The topological polar surface area (TPSA) is 33.1 Å². The molecule has 1 aromatic heterocycles. The third-order valence-electron chi connectivity index (χ3n) is 3.01. The quantitative estimate of drug-likeness (QED) is 0.876. The van der Waals surface area contributed by atoms with Gasteiger partial charge in [-0.25, -0.2) is 0 Å². The van der Waals surface area contributed by atoms with Gasteiger partial charge in [-0.3, -0.25) is 4.98 Å². The Balaban J connectivity index is 2.49. The number of aliphatic hydroxyl groups excluding tert-OH is 1. The van der Waals surface area contributed by atoms with Gasteiger partial charge < -0.3 is 5.11 Å². The second-order valence-electron chi connectivity index (χ2n) is 4.99. The molecule has 0 amide bonds. The van der Waals surface area contributed by atoms with Crippen LogP contribution in [0.5, 0.6) is 0 Å². The van der Waals surface area contributed by atoms with Crippen molar-refractivity contribution >= 4 is 10.8 Å². The monoisotopic (exact) mass is 229 g/mol. The van der Waals surface area contributed by atoms with Gasteiger partial charge in [0, 0.05) is 17.8 Å². The van der Waals surface area contributed by atoms with Gasteiger partial charge in [0.05, 0.1) is 6.10 Å². The summed E-state index contributed by atoms with van der Waals surface area (Å²) in [7, 11) is 0. The first-order chi connectivity index (χ1) is 8.08. The minimum atomic E-state index is -0.298. The highest BCUT2D eigenvalue weighted by Crippen LogP contribution is 2.25. The number of aliphatic hydroxyl groups is 1. The third-order valence-corrected chi connectivity index (χ3v) is 3.01. The zero-order valence-electron chi connectivity index (χ0n) is 10.6. The molecule has 0 saturated carbocycles. The number of pyridine rings is 1. The van der Waals surface area contributed by atoms with Gasteiger partial charge in [-0.1, -0.05) is 26.0 Å². The van der Waals surface area contributed by atoms with E-state index in [9.17, 15) is 5.11 Å². The number of nitrogens with zero attached hydrogens (tertiary/aromatic N) is 1. The van der Waals surface area contributed by atoms with Crippen LogP contribution in [-0.2, 0) is 6.42 Å². The van der Waals surface area contributed by atoms with Crippen molar-refractivity contribution in [2.45, 2.75) is 39.2 Å². The molecule has 1 unspecified atom stereocenters. The maximum absolute atomic E-state index is 9.41. The molecule has 0 aliphatic rings. The zero-order chi connectivity index (χ0) is 12.4. The van der Waals surface area contributed by atoms with Gasteiger partial charge in [0.15, 0.2) is 0 Å². The molecule has 0 aliphatic heterocycles. The van der Waals surface area contributed by atoms with Crippen LogP contribution in [0.1, 0.15) is 37.8 Å². The van der Waals surface area contributed by atoms with Gasteiger partial charge in [-0.05, 0) is 41.8 Å². The molecule has 2 aromatic rings. The van der Waals surface area contributed by atoms with E-state index < -0.39 is 0 Å². The lowest BCUT2D eigenvalue weighted by atomic mass is 9.96. The van der Waals surface area contributed by atoms with Gasteiger partial charge in [-0.15, -0.1) is 0 Å². The summed E-state index contributed by atoms with van der Waals surface area (Å²) in [5.74, 6) is 0.480. The molecule has 90 valence electrons. The van der Waals surface area contributed by atoms with E-state index in [0.717, 1.165) is 10.9 Å². The van der Waals surface area contributed by atoms with Crippen molar-refractivity contribution in [1.82, 2.24) is 4.98 Å². The van der Waals surface area contributed by atoms with E-state index in [1.165, 1.54) is 10.9 Å². The highest BCUT2D eigenvalue weighted by Gasteiger charge is 2.07. The van der Waals surface area contributed by atoms with Crippen LogP contribution in [0.25, 0.3) is 10.8 Å². The Hall–Kier alpha value is -1.41. The summed E-state index contributed by atoms with van der Waals surface area (Å²) in [6.07, 6.45) is 4.24. The molecule has 1 aromatic carbocycles. The van der Waals surface area contributed by atoms with Crippen molar-refractivity contribution < 1.29 is 5.11 Å². The fraction of sp³-hybridized carbons (Fsp3) is 0.400. The Kier molecular flexibility index (Phi) is 3.43. The summed E-state index contributed by atoms with van der Waals surface area (Å²) in [5, 5.41) is 11.8. The van der Waals surface area contributed by atoms with E-state index >= 15 is 0 Å². The van der Waals surface area contributed by atoms with Crippen LogP contribution >= 0.6 is 0 Å². The second kappa shape index (κ2) is 4.84. The molecule has 0 fully saturated rings. The lowest BCUT2D eigenvalue weighted by molar-refractivity contribution is 0.195. The molecule has 0 saturated heterocycles. The Morgan fingerprint density at radius 3 is 2.59 bits per heavy atom. The summed E-state index contributed by atoms with van der Waals surface area (Å²) in [6.45, 7) is 6.17. The zero-order valence-corrected chi connectivity index (χ0v) is 10.6. The molecule has 1 atom stereocenters. The number of aromatic nitrogens is 1. The summed E-state index contributed by atoms with van der Waals surface area (Å²) in [4.78, 5) is 4.29. The predicted octanol–water partition coefficient (Wildman–Crippen LogP) is 3.28. The van der Waals surface area contributed by atoms with Crippen molar-refractivity contribution in [2.24, 2.45) is 0 Å². The van der Waals surface area contributed by atoms with Crippen molar-refractivity contribution in [3.05, 3.63) is 41.7 Å². The first kappa shape index (κ1) is 12.1. The summed E-state index contributed by atoms with van der Waals surface area (Å²) < 4.78 is 0. The predicted molar refractivity (Wildman–Crippen MR) is 71.2 cm³/mol. The van der Waals surface area contributed by atoms with E-state index in [4.69, 9.17) is 0 Å². The Labute approximate surface area is 102 Å². The van der Waals surface area contributed by atoms with E-state index in [-0.39, 0.29) is 6.10 Å². The Morgan fingerprint density at radius 1 is 1.18 bits per heavy atom. The number of hydrogen-bond acceptors (Lipinski definition) is 2. The molecule has 2 rings (SSSR count). The van der Waals surface area contributed by atoms with E-state index in [1.807, 2.05) is 19.3 Å². The molecule has 0 bridgehead atoms. The summed E-state index contributed by atoms with van der Waals surface area (Å²) in [5.41, 5.74) is 2.45. The lowest BCUT2D eigenvalue weighted by Gasteiger charge is -2.11. The number of benzene rings is 1. The molecule has 0 radical (unpaired) electrons. The van der Waals surface area contributed by atoms with Crippen LogP contribution in [0, 0.1) is 0 Å². The fourth-order valence-electron chi connectivity index (χ4n) is 2.18. The van der Waals surface area contributed by atoms with Crippen LogP contribution in [0.15, 0.2) is 30.6 Å². The van der Waals surface area contributed by atoms with Crippen molar-refractivity contribution in [1.29, 1.82) is 0 Å². The third kappa shape index (κ3) is 2.64. The van der Waals surface area contributed by atoms with E-state index in [1.54, 1.807) is 0 Å². The smallest absolute Gasteiger partial charge is 0.0552 e. The highest BCUT2D eigenvalue weighted by atomic mass is 16.3. The fourth-order valence-corrected chi connectivity index (χ4v) is 2.18. The SMILES string of the molecule is CC(O)Cc1ccc2c(C(C)C)cncc2c1. The van der Waals surface area contributed by atoms with Crippen LogP contribution < -0.4 is 0 Å². The first-order valence-corrected chi connectivity index (χ1v) is 6.12. The maximum atomic E-state index is 9.41. The van der Waals surface area contributed by atoms with Crippen LogP contribution in [-0.4, -0.2) is 16.2 Å². The second-order valence-corrected chi connectivity index (χ2v) is 4.99. The molecule has 1 N–H and O–H groups in total. The molecular formula is C15H19NO. The largest absolute Gasteiger partial charge is 0.393 e. The van der Waals surface area contributed by atoms with Crippen molar-refractivity contribution in [3.63, 3.8) is 0 Å². The maximum Gasteiger partial charge on any atom is 0.0552 e. The molecule has 17 heavy (non-hydrogen) atoms. The van der Waals surface area contributed by atoms with Crippen molar-refractivity contribution in [2.75, 3.05) is 0 Å². The molecular weight excluding hydrogens is 210 g/mol. The minimum absolute atomic E-state index is 0.298. The first-order valence-electron chi connectivity index (χ1n) is 6.12. The molecule has 2 heteroatoms. The number of hydrogen-bond donors (Lipinski definition) is 1. The summed E-state index contributed by atoms with van der Waals surface area (Å²) in [6, 6.07) is 6.37. The Bertz CT molecular complexity index is 517. The Morgan fingerprint density at radius 2 is 1.94 bits per heavy atom. The normalized spacial score (nSPS) is 13.2. The van der Waals surface area contributed by atoms with Gasteiger partial charge in [0.2, 0.25) is 0 Å². The molecule has 0 aliphatic carbocycles. The number of rotatable bonds is 3. The highest BCUT2D eigenvalue weighted by molar-refractivity contribution is 5.85. The van der Waals surface area contributed by atoms with E-state index in [0.29, 0.717) is 12.3 Å². The average molecular weight is 229 g/mol. The van der Waals surface area contributed by atoms with E-state index in [2.05, 4.69) is 37.0 Å². The van der Waals surface area contributed by atoms with Crippen LogP contribution in [0.4, 0.5) is 0 Å². The average Bonchev–Trinajstić information content (AvgIpc) is 2.26. The van der Waals surface area contributed by atoms with Gasteiger partial charge in [0.25, 0.3) is 0 Å². The van der Waals surface area contributed by atoms with Gasteiger partial charge >= 0.3 is 0 Å². The van der Waals surface area contributed by atoms with Gasteiger partial charge in [0.1, 0.15) is 0 Å². The van der Waals surface area contributed by atoms with Crippen LogP contribution in [0.2, 0.25) is 0 Å². The molecule has 1 heterocycles. The molecule has 0 spiro atoms. The molecule has 2 nitrogen and oxygen atoms in total. The van der Waals surface area contributed by atoms with Crippen LogP contribution in [0.3, 0.4) is 0 Å². The standard InChI is InChI=1S/C15H19NO/c1-10(2)15-9-16-8-13-7-12(6-11(3)17)4-5-14(13)15/h4-5,7-11,17H,6H2,1-3H3. The van der Waals surface area contributed by atoms with Gasteiger partial charge in [-0.2, -0.15) is 0 Å².